The number of benzene rings is 1. The average molecular weight is 226 g/mol. The van der Waals surface area contributed by atoms with Gasteiger partial charge in [-0.05, 0) is 18.4 Å². The van der Waals surface area contributed by atoms with Crippen molar-refractivity contribution in [1.29, 1.82) is 0 Å². The van der Waals surface area contributed by atoms with Crippen LogP contribution in [0.5, 0.6) is 0 Å². The van der Waals surface area contributed by atoms with E-state index < -0.39 is 0 Å². The first-order valence-corrected chi connectivity index (χ1v) is 6.48. The highest BCUT2D eigenvalue weighted by molar-refractivity contribution is 6.09. The maximum atomic E-state index is 4.75. The van der Waals surface area contributed by atoms with Gasteiger partial charge in [-0.15, -0.1) is 0 Å². The molecule has 0 bridgehead atoms. The molecule has 1 saturated carbocycles. The van der Waals surface area contributed by atoms with E-state index in [2.05, 4.69) is 35.8 Å². The van der Waals surface area contributed by atoms with Crippen LogP contribution in [0.25, 0.3) is 5.57 Å². The zero-order chi connectivity index (χ0) is 11.5. The van der Waals surface area contributed by atoms with Gasteiger partial charge in [-0.3, -0.25) is 4.99 Å². The van der Waals surface area contributed by atoms with Crippen molar-refractivity contribution in [3.63, 3.8) is 0 Å². The summed E-state index contributed by atoms with van der Waals surface area (Å²) in [5.41, 5.74) is 2.43. The maximum absolute atomic E-state index is 4.75. The van der Waals surface area contributed by atoms with Gasteiger partial charge in [-0.1, -0.05) is 43.2 Å². The minimum atomic E-state index is 0.473. The molecule has 1 aromatic carbocycles. The van der Waals surface area contributed by atoms with Crippen LogP contribution < -0.4 is 5.32 Å². The number of hydrogen-bond donors (Lipinski definition) is 1. The second-order valence-electron chi connectivity index (χ2n) is 4.87. The topological polar surface area (TPSA) is 24.4 Å². The van der Waals surface area contributed by atoms with E-state index in [9.17, 15) is 0 Å². The minimum absolute atomic E-state index is 0.473. The normalized spacial score (nSPS) is 27.6. The summed E-state index contributed by atoms with van der Waals surface area (Å²) >= 11 is 0. The lowest BCUT2D eigenvalue weighted by Gasteiger charge is -2.27. The van der Waals surface area contributed by atoms with E-state index in [1.54, 1.807) is 0 Å². The summed E-state index contributed by atoms with van der Waals surface area (Å²) in [5, 5.41) is 3.55. The molecule has 1 aliphatic heterocycles. The van der Waals surface area contributed by atoms with Crippen LogP contribution in [-0.4, -0.2) is 18.3 Å². The molecule has 1 heterocycles. The van der Waals surface area contributed by atoms with Crippen molar-refractivity contribution in [2.24, 2.45) is 4.99 Å². The van der Waals surface area contributed by atoms with E-state index in [1.165, 1.54) is 36.8 Å². The molecule has 1 N–H and O–H groups in total. The molecule has 0 unspecified atom stereocenters. The number of allylic oxidation sites excluding steroid dienone is 1. The molecule has 2 aliphatic rings. The predicted octanol–water partition coefficient (Wildman–Crippen LogP) is 3.01. The zero-order valence-corrected chi connectivity index (χ0v) is 9.97. The van der Waals surface area contributed by atoms with Crippen LogP contribution in [0.3, 0.4) is 0 Å². The summed E-state index contributed by atoms with van der Waals surface area (Å²) in [5.74, 6) is 0. The Kier molecular flexibility index (Phi) is 2.95. The highest BCUT2D eigenvalue weighted by Gasteiger charge is 2.24. The van der Waals surface area contributed by atoms with Crippen molar-refractivity contribution < 1.29 is 0 Å². The smallest absolute Gasteiger partial charge is 0.0700 e. The summed E-state index contributed by atoms with van der Waals surface area (Å²) in [4.78, 5) is 4.75. The monoisotopic (exact) mass is 226 g/mol. The lowest BCUT2D eigenvalue weighted by Crippen LogP contribution is -2.37. The molecule has 0 saturated heterocycles. The van der Waals surface area contributed by atoms with Gasteiger partial charge in [0.25, 0.3) is 0 Å². The quantitative estimate of drug-likeness (QED) is 0.782. The second-order valence-corrected chi connectivity index (χ2v) is 4.87. The Labute approximate surface area is 102 Å². The fourth-order valence-electron chi connectivity index (χ4n) is 2.68. The minimum Gasteiger partial charge on any atom is -0.385 e. The number of aliphatic imine (C=N–C) groups is 1. The van der Waals surface area contributed by atoms with E-state index in [0.29, 0.717) is 12.1 Å². The molecule has 2 nitrogen and oxygen atoms in total. The van der Waals surface area contributed by atoms with Crippen LogP contribution in [0.4, 0.5) is 0 Å². The summed E-state index contributed by atoms with van der Waals surface area (Å²) < 4.78 is 0. The molecule has 0 spiro atoms. The van der Waals surface area contributed by atoms with Gasteiger partial charge >= 0.3 is 0 Å². The highest BCUT2D eigenvalue weighted by Crippen LogP contribution is 2.24. The van der Waals surface area contributed by atoms with Crippen LogP contribution >= 0.6 is 0 Å². The Morgan fingerprint density at radius 2 is 1.88 bits per heavy atom. The first-order valence-electron chi connectivity index (χ1n) is 6.48. The SMILES string of the molecule is C1=N[C@H]2CCCC[C@@H]2NC=C1c1ccccc1. The van der Waals surface area contributed by atoms with Crippen molar-refractivity contribution in [2.45, 2.75) is 37.8 Å². The van der Waals surface area contributed by atoms with Crippen molar-refractivity contribution in [1.82, 2.24) is 5.32 Å². The molecule has 0 radical (unpaired) electrons. The maximum Gasteiger partial charge on any atom is 0.0700 e. The molecule has 1 fully saturated rings. The van der Waals surface area contributed by atoms with Crippen molar-refractivity contribution >= 4 is 11.8 Å². The van der Waals surface area contributed by atoms with Gasteiger partial charge in [0.2, 0.25) is 0 Å². The van der Waals surface area contributed by atoms with Gasteiger partial charge in [0.05, 0.1) is 6.04 Å². The summed E-state index contributed by atoms with van der Waals surface area (Å²) in [6.45, 7) is 0. The zero-order valence-electron chi connectivity index (χ0n) is 9.97. The second kappa shape index (κ2) is 4.74. The summed E-state index contributed by atoms with van der Waals surface area (Å²) in [7, 11) is 0. The van der Waals surface area contributed by atoms with Gasteiger partial charge < -0.3 is 5.32 Å². The van der Waals surface area contributed by atoms with E-state index in [1.807, 2.05) is 12.3 Å². The molecule has 17 heavy (non-hydrogen) atoms. The Morgan fingerprint density at radius 3 is 2.76 bits per heavy atom. The molecule has 2 atom stereocenters. The molecule has 88 valence electrons. The van der Waals surface area contributed by atoms with Crippen LogP contribution in [0, 0.1) is 0 Å². The number of rotatable bonds is 1. The van der Waals surface area contributed by atoms with Crippen LogP contribution in [-0.2, 0) is 0 Å². The Bertz CT molecular complexity index is 433. The van der Waals surface area contributed by atoms with Gasteiger partial charge in [0, 0.05) is 24.0 Å². The largest absolute Gasteiger partial charge is 0.385 e. The molecular formula is C15H18N2. The number of nitrogens with one attached hydrogen (secondary N) is 1. The third-order valence-corrected chi connectivity index (χ3v) is 3.69. The van der Waals surface area contributed by atoms with E-state index in [4.69, 9.17) is 4.99 Å². The molecule has 0 aromatic heterocycles. The van der Waals surface area contributed by atoms with Gasteiger partial charge in [-0.25, -0.2) is 0 Å². The summed E-state index contributed by atoms with van der Waals surface area (Å²) in [6.07, 6.45) is 9.30. The van der Waals surface area contributed by atoms with E-state index in [-0.39, 0.29) is 0 Å². The number of fused-ring (bicyclic) bond motifs is 1. The summed E-state index contributed by atoms with van der Waals surface area (Å²) in [6, 6.07) is 11.5. The Morgan fingerprint density at radius 1 is 1.06 bits per heavy atom. The molecular weight excluding hydrogens is 208 g/mol. The lowest BCUT2D eigenvalue weighted by atomic mass is 9.91. The molecule has 1 aliphatic carbocycles. The van der Waals surface area contributed by atoms with Crippen LogP contribution in [0.2, 0.25) is 0 Å². The number of hydrogen-bond acceptors (Lipinski definition) is 2. The van der Waals surface area contributed by atoms with Crippen LogP contribution in [0.1, 0.15) is 31.2 Å². The van der Waals surface area contributed by atoms with Gasteiger partial charge in [-0.2, -0.15) is 0 Å². The fraction of sp³-hybridized carbons (Fsp3) is 0.400. The Hall–Kier alpha value is -1.57. The molecule has 0 amide bonds. The third-order valence-electron chi connectivity index (χ3n) is 3.69. The first-order chi connectivity index (χ1) is 8.43. The van der Waals surface area contributed by atoms with Crippen LogP contribution in [0.15, 0.2) is 41.5 Å². The third kappa shape index (κ3) is 2.26. The van der Waals surface area contributed by atoms with Crippen molar-refractivity contribution in [3.05, 3.63) is 42.1 Å². The molecule has 3 rings (SSSR count). The molecule has 2 heteroatoms. The van der Waals surface area contributed by atoms with Crippen molar-refractivity contribution in [2.75, 3.05) is 0 Å². The van der Waals surface area contributed by atoms with Gasteiger partial charge in [0.1, 0.15) is 0 Å². The fourth-order valence-corrected chi connectivity index (χ4v) is 2.68. The Balaban J connectivity index is 1.85. The lowest BCUT2D eigenvalue weighted by molar-refractivity contribution is 0.357. The van der Waals surface area contributed by atoms with E-state index >= 15 is 0 Å². The van der Waals surface area contributed by atoms with Gasteiger partial charge in [0.15, 0.2) is 0 Å². The average Bonchev–Trinajstić information content (AvgIpc) is 2.62. The number of nitrogens with zero attached hydrogens (tertiary/aromatic N) is 1. The first kappa shape index (κ1) is 10.6. The highest BCUT2D eigenvalue weighted by atomic mass is 15.0. The predicted molar refractivity (Wildman–Crippen MR) is 72.1 cm³/mol. The molecule has 1 aromatic rings. The standard InChI is InChI=1S/C15H18N2/c1-2-6-12(7-3-1)13-10-16-14-8-4-5-9-15(14)17-11-13/h1-3,6-7,10-11,14-16H,4-5,8-9H2/t14-,15-/m0/s1. The van der Waals surface area contributed by atoms with Crippen molar-refractivity contribution in [3.8, 4) is 0 Å². The van der Waals surface area contributed by atoms with E-state index in [0.717, 1.165) is 0 Å².